The van der Waals surface area contributed by atoms with Gasteiger partial charge >= 0.3 is 0 Å². The predicted octanol–water partition coefficient (Wildman–Crippen LogP) is 2.24. The third-order valence-corrected chi connectivity index (χ3v) is 4.38. The summed E-state index contributed by atoms with van der Waals surface area (Å²) >= 11 is 0. The Hall–Kier alpha value is -1.42. The van der Waals surface area contributed by atoms with Gasteiger partial charge in [-0.05, 0) is 44.0 Å². The second kappa shape index (κ2) is 5.52. The number of rotatable bonds is 3. The number of Topliss-reactive ketones (excluding diaryl/α,β-unsaturated/α-hetero) is 1. The van der Waals surface area contributed by atoms with E-state index in [0.717, 1.165) is 44.7 Å². The zero-order chi connectivity index (χ0) is 14.1. The van der Waals surface area contributed by atoms with Crippen molar-refractivity contribution in [3.8, 4) is 0 Å². The summed E-state index contributed by atoms with van der Waals surface area (Å²) in [5.41, 5.74) is 2.33. The van der Waals surface area contributed by atoms with Gasteiger partial charge in [0.25, 0.3) is 0 Å². The molecule has 1 saturated heterocycles. The minimum absolute atomic E-state index is 0.151. The van der Waals surface area contributed by atoms with E-state index in [-0.39, 0.29) is 11.6 Å². The number of halogens is 1. The molecular weight excluding hydrogens is 255 g/mol. The fourth-order valence-electron chi connectivity index (χ4n) is 3.38. The Kier molecular flexibility index (Phi) is 3.74. The third-order valence-electron chi connectivity index (χ3n) is 4.38. The van der Waals surface area contributed by atoms with Gasteiger partial charge in [0.1, 0.15) is 11.6 Å². The quantitative estimate of drug-likeness (QED) is 0.846. The van der Waals surface area contributed by atoms with Crippen LogP contribution in [0.1, 0.15) is 25.3 Å². The van der Waals surface area contributed by atoms with Crippen LogP contribution >= 0.6 is 0 Å². The molecule has 2 aliphatic heterocycles. The van der Waals surface area contributed by atoms with Gasteiger partial charge in [-0.3, -0.25) is 4.79 Å². The summed E-state index contributed by atoms with van der Waals surface area (Å²) in [7, 11) is 0. The molecule has 1 unspecified atom stereocenters. The van der Waals surface area contributed by atoms with E-state index in [1.165, 1.54) is 5.56 Å². The van der Waals surface area contributed by atoms with Crippen molar-refractivity contribution in [3.05, 3.63) is 29.6 Å². The molecule has 1 atom stereocenters. The van der Waals surface area contributed by atoms with Gasteiger partial charge in [-0.2, -0.15) is 0 Å². The number of hydrogen-bond acceptors (Lipinski definition) is 3. The minimum atomic E-state index is -0.151. The van der Waals surface area contributed by atoms with E-state index in [1.807, 2.05) is 6.07 Å². The maximum absolute atomic E-state index is 13.4. The van der Waals surface area contributed by atoms with Crippen molar-refractivity contribution < 1.29 is 9.18 Å². The molecular formula is C16H21FN2O. The van der Waals surface area contributed by atoms with Gasteiger partial charge < -0.3 is 9.80 Å². The first-order chi connectivity index (χ1) is 9.63. The monoisotopic (exact) mass is 276 g/mol. The Balaban J connectivity index is 1.72. The fourth-order valence-corrected chi connectivity index (χ4v) is 3.38. The van der Waals surface area contributed by atoms with Gasteiger partial charge in [0, 0.05) is 37.8 Å². The molecule has 20 heavy (non-hydrogen) atoms. The summed E-state index contributed by atoms with van der Waals surface area (Å²) in [6, 6.07) is 5.57. The van der Waals surface area contributed by atoms with Crippen LogP contribution in [0.4, 0.5) is 10.1 Å². The first-order valence-corrected chi connectivity index (χ1v) is 7.40. The Morgan fingerprint density at radius 2 is 2.25 bits per heavy atom. The molecule has 0 amide bonds. The molecule has 2 aliphatic rings. The van der Waals surface area contributed by atoms with Crippen LogP contribution in [0.5, 0.6) is 0 Å². The lowest BCUT2D eigenvalue weighted by Crippen LogP contribution is -2.39. The van der Waals surface area contributed by atoms with Gasteiger partial charge in [0.05, 0.1) is 0 Å². The third kappa shape index (κ3) is 2.70. The number of hydrogen-bond donors (Lipinski definition) is 0. The Morgan fingerprint density at radius 1 is 1.40 bits per heavy atom. The number of anilines is 1. The van der Waals surface area contributed by atoms with Crippen molar-refractivity contribution >= 4 is 11.5 Å². The highest BCUT2D eigenvalue weighted by Crippen LogP contribution is 2.34. The average molecular weight is 276 g/mol. The molecule has 4 heteroatoms. The first-order valence-electron chi connectivity index (χ1n) is 7.40. The summed E-state index contributed by atoms with van der Waals surface area (Å²) in [6.07, 6.45) is 2.70. The van der Waals surface area contributed by atoms with Crippen LogP contribution in [0, 0.1) is 5.82 Å². The molecule has 0 bridgehead atoms. The van der Waals surface area contributed by atoms with Crippen molar-refractivity contribution in [2.24, 2.45) is 0 Å². The van der Waals surface area contributed by atoms with Gasteiger partial charge in [-0.25, -0.2) is 4.39 Å². The number of carbonyl (C=O) groups excluding carboxylic acids is 1. The Morgan fingerprint density at radius 3 is 3.05 bits per heavy atom. The van der Waals surface area contributed by atoms with E-state index >= 15 is 0 Å². The highest BCUT2D eigenvalue weighted by Gasteiger charge is 2.32. The zero-order valence-electron chi connectivity index (χ0n) is 11.9. The van der Waals surface area contributed by atoms with Crippen LogP contribution in [0.2, 0.25) is 0 Å². The number of benzene rings is 1. The van der Waals surface area contributed by atoms with Crippen molar-refractivity contribution in [3.63, 3.8) is 0 Å². The van der Waals surface area contributed by atoms with Crippen LogP contribution in [-0.4, -0.2) is 42.9 Å². The van der Waals surface area contributed by atoms with Crippen LogP contribution in [0.3, 0.4) is 0 Å². The van der Waals surface area contributed by atoms with Crippen molar-refractivity contribution in [1.29, 1.82) is 0 Å². The van der Waals surface area contributed by atoms with E-state index in [1.54, 1.807) is 19.1 Å². The van der Waals surface area contributed by atoms with E-state index < -0.39 is 0 Å². The lowest BCUT2D eigenvalue weighted by atomic mass is 10.1. The molecule has 1 aromatic rings. The molecule has 0 aromatic heterocycles. The molecule has 3 rings (SSSR count). The fraction of sp³-hybridized carbons (Fsp3) is 0.562. The minimum Gasteiger partial charge on any atom is -0.367 e. The van der Waals surface area contributed by atoms with E-state index in [0.29, 0.717) is 12.5 Å². The van der Waals surface area contributed by atoms with E-state index in [4.69, 9.17) is 0 Å². The standard InChI is InChI=1S/C16H21FN2O/c1-12(20)5-8-18-6-2-7-19-15(11-18)9-13-3-4-14(17)10-16(13)19/h3-4,10,15H,2,5-9,11H2,1H3. The van der Waals surface area contributed by atoms with Gasteiger partial charge in [0.2, 0.25) is 0 Å². The molecule has 1 fully saturated rings. The molecule has 108 valence electrons. The second-order valence-electron chi connectivity index (χ2n) is 5.93. The van der Waals surface area contributed by atoms with Crippen LogP contribution in [0.15, 0.2) is 18.2 Å². The smallest absolute Gasteiger partial charge is 0.131 e. The average Bonchev–Trinajstić information content (AvgIpc) is 2.61. The molecule has 0 radical (unpaired) electrons. The summed E-state index contributed by atoms with van der Waals surface area (Å²) < 4.78 is 13.4. The lowest BCUT2D eigenvalue weighted by molar-refractivity contribution is -0.117. The largest absolute Gasteiger partial charge is 0.367 e. The van der Waals surface area contributed by atoms with Crippen LogP contribution in [-0.2, 0) is 11.2 Å². The summed E-state index contributed by atoms with van der Waals surface area (Å²) in [4.78, 5) is 15.9. The Bertz CT molecular complexity index is 517. The number of carbonyl (C=O) groups is 1. The molecule has 1 aromatic carbocycles. The molecule has 0 saturated carbocycles. The Labute approximate surface area is 119 Å². The van der Waals surface area contributed by atoms with Gasteiger partial charge in [0.15, 0.2) is 0 Å². The number of nitrogens with zero attached hydrogens (tertiary/aromatic N) is 2. The molecule has 2 heterocycles. The van der Waals surface area contributed by atoms with Crippen LogP contribution < -0.4 is 4.90 Å². The summed E-state index contributed by atoms with van der Waals surface area (Å²) in [6.45, 7) is 5.49. The molecule has 0 N–H and O–H groups in total. The predicted molar refractivity (Wildman–Crippen MR) is 77.6 cm³/mol. The van der Waals surface area contributed by atoms with E-state index in [9.17, 15) is 9.18 Å². The summed E-state index contributed by atoms with van der Waals surface area (Å²) in [5, 5.41) is 0. The molecule has 3 nitrogen and oxygen atoms in total. The summed E-state index contributed by atoms with van der Waals surface area (Å²) in [5.74, 6) is 0.102. The van der Waals surface area contributed by atoms with Crippen LogP contribution in [0.25, 0.3) is 0 Å². The maximum Gasteiger partial charge on any atom is 0.131 e. The van der Waals surface area contributed by atoms with Crippen molar-refractivity contribution in [2.75, 3.05) is 31.1 Å². The van der Waals surface area contributed by atoms with E-state index in [2.05, 4.69) is 9.80 Å². The van der Waals surface area contributed by atoms with Crippen molar-refractivity contribution in [1.82, 2.24) is 4.90 Å². The second-order valence-corrected chi connectivity index (χ2v) is 5.93. The lowest BCUT2D eigenvalue weighted by Gasteiger charge is -2.27. The topological polar surface area (TPSA) is 23.6 Å². The normalized spacial score (nSPS) is 22.3. The maximum atomic E-state index is 13.4. The number of ketones is 1. The van der Waals surface area contributed by atoms with Gasteiger partial charge in [-0.1, -0.05) is 6.07 Å². The van der Waals surface area contributed by atoms with Crippen molar-refractivity contribution in [2.45, 2.75) is 32.2 Å². The SMILES string of the molecule is CC(=O)CCN1CCCN2c3cc(F)ccc3CC2C1. The first kappa shape index (κ1) is 13.6. The number of fused-ring (bicyclic) bond motifs is 3. The zero-order valence-corrected chi connectivity index (χ0v) is 11.9. The molecule has 0 spiro atoms. The highest BCUT2D eigenvalue weighted by atomic mass is 19.1. The van der Waals surface area contributed by atoms with Gasteiger partial charge in [-0.15, -0.1) is 0 Å². The molecule has 0 aliphatic carbocycles. The highest BCUT2D eigenvalue weighted by molar-refractivity contribution is 5.75.